The van der Waals surface area contributed by atoms with Crippen molar-refractivity contribution in [2.75, 3.05) is 12.4 Å². The number of hydrogen-bond donors (Lipinski definition) is 1. The van der Waals surface area contributed by atoms with E-state index in [1.54, 1.807) is 23.8 Å². The van der Waals surface area contributed by atoms with Gasteiger partial charge in [0, 0.05) is 18.8 Å². The van der Waals surface area contributed by atoms with Gasteiger partial charge in [-0.3, -0.25) is 0 Å². The average Bonchev–Trinajstić information content (AvgIpc) is 2.89. The van der Waals surface area contributed by atoms with Gasteiger partial charge in [0.15, 0.2) is 5.65 Å². The predicted molar refractivity (Wildman–Crippen MR) is 88.6 cm³/mol. The molecule has 0 aliphatic rings. The minimum atomic E-state index is -1.76. The van der Waals surface area contributed by atoms with Gasteiger partial charge in [-0.25, -0.2) is 9.50 Å². The standard InChI is InChI=1S/C14H11B3N4O/c1-18-12-6-7-21-13(20-12)10(8-19-21)9-4-2-3-5-11(9)22-14(15,16)17/h2-8H,1H3,(H,18,20). The molecule has 1 aromatic carbocycles. The van der Waals surface area contributed by atoms with Gasteiger partial charge in [-0.2, -0.15) is 5.10 Å². The Morgan fingerprint density at radius 3 is 2.64 bits per heavy atom. The summed E-state index contributed by atoms with van der Waals surface area (Å²) >= 11 is 0. The topological polar surface area (TPSA) is 51.5 Å². The van der Waals surface area contributed by atoms with Crippen molar-refractivity contribution in [3.05, 3.63) is 42.7 Å². The van der Waals surface area contributed by atoms with Crippen molar-refractivity contribution in [2.45, 2.75) is 5.30 Å². The number of rotatable bonds is 4. The normalized spacial score (nSPS) is 11.5. The fourth-order valence-corrected chi connectivity index (χ4v) is 2.17. The maximum atomic E-state index is 5.53. The molecule has 2 aromatic heterocycles. The number of nitrogens with zero attached hydrogens (tertiary/aromatic N) is 3. The van der Waals surface area contributed by atoms with Crippen molar-refractivity contribution in [2.24, 2.45) is 0 Å². The van der Waals surface area contributed by atoms with Crippen LogP contribution in [0.1, 0.15) is 0 Å². The molecule has 3 rings (SSSR count). The zero-order valence-corrected chi connectivity index (χ0v) is 12.0. The highest BCUT2D eigenvalue weighted by Gasteiger charge is 2.17. The van der Waals surface area contributed by atoms with E-state index in [9.17, 15) is 0 Å². The Balaban J connectivity index is 2.15. The molecule has 5 nitrogen and oxygen atoms in total. The van der Waals surface area contributed by atoms with Gasteiger partial charge < -0.3 is 10.1 Å². The van der Waals surface area contributed by atoms with E-state index in [0.717, 1.165) is 16.9 Å². The first-order valence-corrected chi connectivity index (χ1v) is 6.65. The SMILES string of the molecule is [B]C([B])([B])Oc1ccccc1-c1cnn2ccc(NC)nc12. The van der Waals surface area contributed by atoms with Crippen LogP contribution in [0.25, 0.3) is 16.8 Å². The summed E-state index contributed by atoms with van der Waals surface area (Å²) in [4.78, 5) is 4.51. The van der Waals surface area contributed by atoms with Crippen molar-refractivity contribution in [3.8, 4) is 16.9 Å². The van der Waals surface area contributed by atoms with Gasteiger partial charge in [0.2, 0.25) is 0 Å². The van der Waals surface area contributed by atoms with E-state index >= 15 is 0 Å². The molecule has 0 saturated heterocycles. The van der Waals surface area contributed by atoms with E-state index in [1.807, 2.05) is 30.5 Å². The Morgan fingerprint density at radius 2 is 1.91 bits per heavy atom. The van der Waals surface area contributed by atoms with Gasteiger partial charge in [-0.15, -0.1) is 0 Å². The van der Waals surface area contributed by atoms with Crippen LogP contribution in [-0.4, -0.2) is 50.5 Å². The number of fused-ring (bicyclic) bond motifs is 1. The monoisotopic (exact) mass is 284 g/mol. The summed E-state index contributed by atoms with van der Waals surface area (Å²) in [7, 11) is 18.4. The first kappa shape index (κ1) is 14.6. The summed E-state index contributed by atoms with van der Waals surface area (Å²) < 4.78 is 7.09. The van der Waals surface area contributed by atoms with Crippen LogP contribution < -0.4 is 10.1 Å². The second kappa shape index (κ2) is 5.44. The Morgan fingerprint density at radius 1 is 1.14 bits per heavy atom. The van der Waals surface area contributed by atoms with Gasteiger partial charge in [0.25, 0.3) is 0 Å². The molecule has 102 valence electrons. The van der Waals surface area contributed by atoms with Crippen LogP contribution in [-0.2, 0) is 0 Å². The lowest BCUT2D eigenvalue weighted by atomic mass is 9.52. The molecule has 0 bridgehead atoms. The smallest absolute Gasteiger partial charge is 0.165 e. The maximum Gasteiger partial charge on any atom is 0.165 e. The number of aromatic nitrogens is 3. The summed E-state index contributed by atoms with van der Waals surface area (Å²) in [6.07, 6.45) is 3.52. The third kappa shape index (κ3) is 2.82. The van der Waals surface area contributed by atoms with Gasteiger partial charge in [0.05, 0.1) is 11.8 Å². The summed E-state index contributed by atoms with van der Waals surface area (Å²) in [5.41, 5.74) is 2.22. The maximum absolute atomic E-state index is 5.53. The predicted octanol–water partition coefficient (Wildman–Crippen LogP) is 0.934. The Labute approximate surface area is 132 Å². The molecule has 0 aliphatic carbocycles. The van der Waals surface area contributed by atoms with Crippen molar-refractivity contribution in [1.82, 2.24) is 14.6 Å². The summed E-state index contributed by atoms with van der Waals surface area (Å²) in [6, 6.07) is 9.12. The van der Waals surface area contributed by atoms with E-state index < -0.39 is 5.30 Å². The van der Waals surface area contributed by atoms with Crippen molar-refractivity contribution in [3.63, 3.8) is 0 Å². The largest absolute Gasteiger partial charge is 0.515 e. The number of hydrogen-bond acceptors (Lipinski definition) is 4. The molecule has 0 unspecified atom stereocenters. The van der Waals surface area contributed by atoms with E-state index in [2.05, 4.69) is 15.4 Å². The van der Waals surface area contributed by atoms with E-state index in [4.69, 9.17) is 28.3 Å². The molecular weight excluding hydrogens is 273 g/mol. The summed E-state index contributed by atoms with van der Waals surface area (Å²) in [5.74, 6) is 1.19. The first-order valence-electron chi connectivity index (χ1n) is 6.65. The molecule has 3 aromatic rings. The lowest BCUT2D eigenvalue weighted by Crippen LogP contribution is -2.37. The number of ether oxygens (including phenoxy) is 1. The molecule has 8 heteroatoms. The minimum Gasteiger partial charge on any atom is -0.515 e. The molecule has 0 fully saturated rings. The van der Waals surface area contributed by atoms with Crippen LogP contribution in [0.3, 0.4) is 0 Å². The lowest BCUT2D eigenvalue weighted by molar-refractivity contribution is 0.320. The van der Waals surface area contributed by atoms with Crippen molar-refractivity contribution >= 4 is 35.0 Å². The van der Waals surface area contributed by atoms with Crippen molar-refractivity contribution < 1.29 is 4.74 Å². The van der Waals surface area contributed by atoms with Crippen LogP contribution in [0.5, 0.6) is 5.75 Å². The quantitative estimate of drug-likeness (QED) is 0.724. The van der Waals surface area contributed by atoms with E-state index in [1.165, 1.54) is 0 Å². The van der Waals surface area contributed by atoms with Crippen molar-refractivity contribution in [1.29, 1.82) is 0 Å². The summed E-state index contributed by atoms with van der Waals surface area (Å²) in [6.45, 7) is 0. The van der Waals surface area contributed by atoms with Gasteiger partial charge in [-0.1, -0.05) is 18.2 Å². The first-order chi connectivity index (χ1) is 10.5. The Hall–Kier alpha value is -2.37. The Bertz CT molecular complexity index is 813. The van der Waals surface area contributed by atoms with Crippen LogP contribution in [0.4, 0.5) is 5.82 Å². The second-order valence-corrected chi connectivity index (χ2v) is 4.84. The molecule has 2 heterocycles. The van der Waals surface area contributed by atoms with Gasteiger partial charge in [0.1, 0.15) is 35.1 Å². The van der Waals surface area contributed by atoms with Crippen LogP contribution in [0.2, 0.25) is 0 Å². The third-order valence-electron chi connectivity index (χ3n) is 3.09. The molecule has 0 aliphatic heterocycles. The molecule has 0 atom stereocenters. The van der Waals surface area contributed by atoms with Gasteiger partial charge in [-0.05, 0) is 17.4 Å². The van der Waals surface area contributed by atoms with Crippen LogP contribution >= 0.6 is 0 Å². The van der Waals surface area contributed by atoms with E-state index in [-0.39, 0.29) is 0 Å². The zero-order valence-electron chi connectivity index (χ0n) is 12.0. The molecule has 1 N–H and O–H groups in total. The Kier molecular flexibility index (Phi) is 3.60. The molecule has 0 spiro atoms. The molecule has 0 saturated carbocycles. The number of para-hydroxylation sites is 1. The molecule has 22 heavy (non-hydrogen) atoms. The molecule has 0 amide bonds. The highest BCUT2D eigenvalue weighted by molar-refractivity contribution is 6.58. The fraction of sp³-hybridized carbons (Fsp3) is 0.143. The van der Waals surface area contributed by atoms with Gasteiger partial charge >= 0.3 is 0 Å². The highest BCUT2D eigenvalue weighted by atomic mass is 16.5. The number of nitrogens with one attached hydrogen (secondary N) is 1. The molecule has 6 radical (unpaired) electrons. The highest BCUT2D eigenvalue weighted by Crippen LogP contribution is 2.33. The molecular formula is C14H11B3N4O. The van der Waals surface area contributed by atoms with E-state index in [0.29, 0.717) is 11.4 Å². The number of anilines is 1. The fourth-order valence-electron chi connectivity index (χ4n) is 2.17. The van der Waals surface area contributed by atoms with Crippen LogP contribution in [0, 0.1) is 0 Å². The third-order valence-corrected chi connectivity index (χ3v) is 3.09. The number of benzene rings is 1. The lowest BCUT2D eigenvalue weighted by Gasteiger charge is -2.24. The summed E-state index contributed by atoms with van der Waals surface area (Å²) in [5, 5.41) is 5.52. The second-order valence-electron chi connectivity index (χ2n) is 4.84. The zero-order chi connectivity index (χ0) is 15.7. The average molecular weight is 284 g/mol. The van der Waals surface area contributed by atoms with Crippen LogP contribution in [0.15, 0.2) is 42.7 Å². The minimum absolute atomic E-state index is 0.460.